The van der Waals surface area contributed by atoms with Crippen molar-refractivity contribution in [1.29, 1.82) is 0 Å². The molecule has 0 aliphatic carbocycles. The van der Waals surface area contributed by atoms with E-state index in [0.717, 1.165) is 0 Å². The summed E-state index contributed by atoms with van der Waals surface area (Å²) in [5.74, 6) is 0. The molecule has 0 amide bonds. The fourth-order valence-corrected chi connectivity index (χ4v) is 0.534. The number of hydrogen-bond acceptors (Lipinski definition) is 1. The molecule has 0 spiro atoms. The van der Waals surface area contributed by atoms with Crippen LogP contribution in [0.25, 0.3) is 0 Å². The van der Waals surface area contributed by atoms with Crippen molar-refractivity contribution in [1.82, 2.24) is 4.90 Å². The van der Waals surface area contributed by atoms with Gasteiger partial charge in [-0.2, -0.15) is 0 Å². The summed E-state index contributed by atoms with van der Waals surface area (Å²) in [5, 5.41) is 0. The normalized spacial score (nSPS) is 8.08. The summed E-state index contributed by atoms with van der Waals surface area (Å²) in [7, 11) is 6.00. The van der Waals surface area contributed by atoms with Crippen LogP contribution >= 0.6 is 0 Å². The zero-order valence-corrected chi connectivity index (χ0v) is 7.83. The number of aryl methyl sites for hydroxylation is 1. The van der Waals surface area contributed by atoms with Crippen molar-refractivity contribution in [3.05, 3.63) is 35.9 Å². The molecule has 0 unspecified atom stereocenters. The van der Waals surface area contributed by atoms with Crippen molar-refractivity contribution in [2.75, 3.05) is 21.1 Å². The molecule has 70 valence electrons. The molecule has 0 heterocycles. The van der Waals surface area contributed by atoms with Crippen LogP contribution in [0.3, 0.4) is 0 Å². The molecule has 1 aromatic rings. The van der Waals surface area contributed by atoms with E-state index >= 15 is 0 Å². The van der Waals surface area contributed by atoms with E-state index in [1.807, 2.05) is 44.2 Å². The Morgan fingerprint density at radius 3 is 1.42 bits per heavy atom. The molecule has 1 rings (SSSR count). The molecule has 0 fully saturated rings. The molecule has 0 radical (unpaired) electrons. The van der Waals surface area contributed by atoms with E-state index in [-0.39, 0.29) is 23.9 Å². The van der Waals surface area contributed by atoms with E-state index in [4.69, 9.17) is 0 Å². The summed E-state index contributed by atoms with van der Waals surface area (Å²) < 4.78 is 0. The van der Waals surface area contributed by atoms with Gasteiger partial charge in [0.15, 0.2) is 0 Å². The second-order valence-corrected chi connectivity index (χ2v) is 3.00. The second kappa shape index (κ2) is 9.07. The monoisotopic (exact) mass is 275 g/mol. The predicted octanol–water partition coefficient (Wildman–Crippen LogP) is 0.721. The Hall–Kier alpha value is -0.0213. The van der Waals surface area contributed by atoms with Crippen LogP contribution in [-0.4, -0.2) is 50.0 Å². The summed E-state index contributed by atoms with van der Waals surface area (Å²) in [6, 6.07) is 10.3. The fourth-order valence-electron chi connectivity index (χ4n) is 0.534. The van der Waals surface area contributed by atoms with Crippen molar-refractivity contribution < 1.29 is 0 Å². The Balaban J connectivity index is 0. The first-order valence-electron chi connectivity index (χ1n) is 3.75. The molecule has 0 atom stereocenters. The van der Waals surface area contributed by atoms with E-state index in [1.54, 1.807) is 0 Å². The maximum atomic E-state index is 2.08. The first-order chi connectivity index (χ1) is 5.13. The Bertz CT molecular complexity index is 170. The first kappa shape index (κ1) is 14.5. The van der Waals surface area contributed by atoms with Crippen molar-refractivity contribution in [3.63, 3.8) is 0 Å². The molecule has 0 N–H and O–H groups in total. The molecular formula is C10H21NSn. The molecule has 0 bridgehead atoms. The Labute approximate surface area is 92.7 Å². The maximum absolute atomic E-state index is 2.08. The van der Waals surface area contributed by atoms with Crippen molar-refractivity contribution in [2.45, 2.75) is 6.92 Å². The van der Waals surface area contributed by atoms with Crippen molar-refractivity contribution >= 4 is 23.9 Å². The van der Waals surface area contributed by atoms with Gasteiger partial charge in [-0.1, -0.05) is 35.9 Å². The number of hydrogen-bond donors (Lipinski definition) is 0. The molecule has 1 nitrogen and oxygen atoms in total. The van der Waals surface area contributed by atoms with Gasteiger partial charge >= 0.3 is 23.9 Å². The predicted molar refractivity (Wildman–Crippen MR) is 62.1 cm³/mol. The number of rotatable bonds is 0. The van der Waals surface area contributed by atoms with Crippen molar-refractivity contribution in [3.8, 4) is 0 Å². The molecule has 0 saturated carbocycles. The van der Waals surface area contributed by atoms with E-state index in [9.17, 15) is 0 Å². The van der Waals surface area contributed by atoms with Gasteiger partial charge in [-0.3, -0.25) is 0 Å². The van der Waals surface area contributed by atoms with Crippen molar-refractivity contribution in [2.24, 2.45) is 0 Å². The van der Waals surface area contributed by atoms with Crippen LogP contribution in [0, 0.1) is 6.92 Å². The van der Waals surface area contributed by atoms with Gasteiger partial charge < -0.3 is 4.90 Å². The summed E-state index contributed by atoms with van der Waals surface area (Å²) >= 11 is 0. The molecule has 0 aliphatic heterocycles. The van der Waals surface area contributed by atoms with Crippen LogP contribution < -0.4 is 0 Å². The minimum absolute atomic E-state index is 0. The van der Waals surface area contributed by atoms with E-state index < -0.39 is 0 Å². The van der Waals surface area contributed by atoms with E-state index in [2.05, 4.69) is 19.1 Å². The van der Waals surface area contributed by atoms with Crippen LogP contribution in [0.4, 0.5) is 0 Å². The van der Waals surface area contributed by atoms with Gasteiger partial charge in [-0.05, 0) is 28.1 Å². The third-order valence-corrected chi connectivity index (χ3v) is 0.940. The SMILES string of the molecule is CN(C)C.Cc1ccccc1.[SnH4]. The molecule has 0 aromatic heterocycles. The van der Waals surface area contributed by atoms with Crippen LogP contribution in [0.15, 0.2) is 30.3 Å². The second-order valence-electron chi connectivity index (χ2n) is 3.00. The van der Waals surface area contributed by atoms with E-state index in [0.29, 0.717) is 0 Å². The zero-order chi connectivity index (χ0) is 8.69. The third-order valence-electron chi connectivity index (χ3n) is 0.940. The van der Waals surface area contributed by atoms with Gasteiger partial charge in [0.1, 0.15) is 0 Å². The fraction of sp³-hybridized carbons (Fsp3) is 0.400. The first-order valence-corrected chi connectivity index (χ1v) is 3.75. The Morgan fingerprint density at radius 2 is 1.25 bits per heavy atom. The van der Waals surface area contributed by atoms with Gasteiger partial charge in [0, 0.05) is 0 Å². The average molecular weight is 274 g/mol. The van der Waals surface area contributed by atoms with Gasteiger partial charge in [0.2, 0.25) is 0 Å². The molecule has 2 heteroatoms. The quantitative estimate of drug-likeness (QED) is 0.630. The van der Waals surface area contributed by atoms with Gasteiger partial charge in [0.25, 0.3) is 0 Å². The third kappa shape index (κ3) is 12.6. The Kier molecular flexibility index (Phi) is 11.0. The van der Waals surface area contributed by atoms with E-state index in [1.165, 1.54) is 5.56 Å². The number of nitrogens with zero attached hydrogens (tertiary/aromatic N) is 1. The van der Waals surface area contributed by atoms with Crippen LogP contribution in [0.1, 0.15) is 5.56 Å². The summed E-state index contributed by atoms with van der Waals surface area (Å²) in [4.78, 5) is 2.00. The summed E-state index contributed by atoms with van der Waals surface area (Å²) in [5.41, 5.74) is 1.32. The Morgan fingerprint density at radius 1 is 0.917 bits per heavy atom. The average Bonchev–Trinajstić information content (AvgIpc) is 1.87. The van der Waals surface area contributed by atoms with Gasteiger partial charge in [-0.25, -0.2) is 0 Å². The minimum atomic E-state index is 0. The van der Waals surface area contributed by atoms with Crippen LogP contribution in [-0.2, 0) is 0 Å². The zero-order valence-electron chi connectivity index (χ0n) is 7.83. The number of benzene rings is 1. The molecule has 12 heavy (non-hydrogen) atoms. The molecular weight excluding hydrogens is 253 g/mol. The summed E-state index contributed by atoms with van der Waals surface area (Å²) in [6.45, 7) is 2.08. The van der Waals surface area contributed by atoms with Crippen LogP contribution in [0.5, 0.6) is 0 Å². The van der Waals surface area contributed by atoms with Crippen LogP contribution in [0.2, 0.25) is 0 Å². The topological polar surface area (TPSA) is 3.24 Å². The van der Waals surface area contributed by atoms with Gasteiger partial charge in [0.05, 0.1) is 0 Å². The summed E-state index contributed by atoms with van der Waals surface area (Å²) in [6.07, 6.45) is 0. The van der Waals surface area contributed by atoms with Gasteiger partial charge in [-0.15, -0.1) is 0 Å². The standard InChI is InChI=1S/C7H8.C3H9N.Sn.4H/c1-7-5-3-2-4-6-7;1-4(2)3;;;;;/h2-6H,1H3;1-3H3;;;;;. The molecule has 1 aromatic carbocycles. The molecule has 0 aliphatic rings. The molecule has 0 saturated heterocycles.